The molecule has 142 valence electrons. The fourth-order valence-electron chi connectivity index (χ4n) is 4.10. The number of carbonyl (C=O) groups excluding carboxylic acids is 1. The summed E-state index contributed by atoms with van der Waals surface area (Å²) >= 11 is 3.58. The first-order valence-corrected chi connectivity index (χ1v) is 10.2. The lowest BCUT2D eigenvalue weighted by Gasteiger charge is -2.38. The van der Waals surface area contributed by atoms with E-state index in [9.17, 15) is 4.79 Å². The van der Waals surface area contributed by atoms with Crippen molar-refractivity contribution in [2.24, 2.45) is 0 Å². The van der Waals surface area contributed by atoms with E-state index in [1.807, 2.05) is 56.1 Å². The van der Waals surface area contributed by atoms with Crippen molar-refractivity contribution in [2.45, 2.75) is 51.5 Å². The number of amides is 1. The molecule has 27 heavy (non-hydrogen) atoms. The highest BCUT2D eigenvalue weighted by molar-refractivity contribution is 9.10. The van der Waals surface area contributed by atoms with Crippen LogP contribution < -0.4 is 0 Å². The summed E-state index contributed by atoms with van der Waals surface area (Å²) in [5.41, 5.74) is 3.03. The van der Waals surface area contributed by atoms with Gasteiger partial charge in [-0.05, 0) is 62.6 Å². The van der Waals surface area contributed by atoms with Gasteiger partial charge in [0, 0.05) is 23.0 Å². The van der Waals surface area contributed by atoms with Crippen LogP contribution in [0.2, 0.25) is 0 Å². The molecule has 2 heterocycles. The van der Waals surface area contributed by atoms with Gasteiger partial charge in [0.05, 0.1) is 11.6 Å². The smallest absolute Gasteiger partial charge is 0.270 e. The zero-order valence-electron chi connectivity index (χ0n) is 16.0. The predicted octanol–water partition coefficient (Wildman–Crippen LogP) is 4.95. The van der Waals surface area contributed by atoms with Crippen LogP contribution in [0.1, 0.15) is 54.7 Å². The fourth-order valence-corrected chi connectivity index (χ4v) is 4.51. The van der Waals surface area contributed by atoms with E-state index < -0.39 is 0 Å². The molecule has 5 heteroatoms. The highest BCUT2D eigenvalue weighted by Crippen LogP contribution is 2.43. The third-order valence-electron chi connectivity index (χ3n) is 5.13. The van der Waals surface area contributed by atoms with Crippen molar-refractivity contribution in [3.63, 3.8) is 0 Å². The average Bonchev–Trinajstić information content (AvgIpc) is 2.97. The number of fused-ring (bicyclic) bond motifs is 3. The van der Waals surface area contributed by atoms with Crippen molar-refractivity contribution in [1.82, 2.24) is 10.0 Å². The van der Waals surface area contributed by atoms with Gasteiger partial charge in [-0.3, -0.25) is 4.79 Å². The van der Waals surface area contributed by atoms with Crippen LogP contribution in [0.5, 0.6) is 0 Å². The van der Waals surface area contributed by atoms with Gasteiger partial charge in [0.2, 0.25) is 0 Å². The molecule has 0 aliphatic carbocycles. The van der Waals surface area contributed by atoms with E-state index in [0.717, 1.165) is 23.9 Å². The highest BCUT2D eigenvalue weighted by Gasteiger charge is 2.47. The topological polar surface area (TPSA) is 32.8 Å². The van der Waals surface area contributed by atoms with Crippen molar-refractivity contribution < 1.29 is 9.53 Å². The first kappa shape index (κ1) is 18.7. The predicted molar refractivity (Wildman–Crippen MR) is 109 cm³/mol. The quantitative estimate of drug-likeness (QED) is 0.677. The third-order valence-corrected chi connectivity index (χ3v) is 5.62. The minimum absolute atomic E-state index is 0.00733. The Morgan fingerprint density at radius 1 is 1.15 bits per heavy atom. The molecular formula is C22H25BrN2O2. The van der Waals surface area contributed by atoms with Crippen LogP contribution >= 0.6 is 15.9 Å². The van der Waals surface area contributed by atoms with Crippen molar-refractivity contribution in [3.05, 3.63) is 69.7 Å². The maximum atomic E-state index is 13.4. The molecule has 1 fully saturated rings. The van der Waals surface area contributed by atoms with E-state index in [1.54, 1.807) is 0 Å². The molecule has 0 bridgehead atoms. The second-order valence-corrected chi connectivity index (χ2v) is 9.12. The Morgan fingerprint density at radius 3 is 2.59 bits per heavy atom. The van der Waals surface area contributed by atoms with Gasteiger partial charge in [-0.1, -0.05) is 40.2 Å². The zero-order valence-corrected chi connectivity index (χ0v) is 17.6. The summed E-state index contributed by atoms with van der Waals surface area (Å²) in [6.07, 6.45) is 1.44. The van der Waals surface area contributed by atoms with Crippen LogP contribution in [-0.2, 0) is 11.2 Å². The number of carbonyl (C=O) groups is 1. The molecule has 2 aromatic rings. The Balaban J connectivity index is 1.71. The summed E-state index contributed by atoms with van der Waals surface area (Å²) in [6, 6.07) is 16.1. The lowest BCUT2D eigenvalue weighted by Crippen LogP contribution is -2.50. The van der Waals surface area contributed by atoms with Gasteiger partial charge in [-0.2, -0.15) is 0 Å². The Morgan fingerprint density at radius 2 is 1.89 bits per heavy atom. The van der Waals surface area contributed by atoms with Gasteiger partial charge in [0.15, 0.2) is 0 Å². The lowest BCUT2D eigenvalue weighted by molar-refractivity contribution is -0.146. The van der Waals surface area contributed by atoms with E-state index in [2.05, 4.69) is 39.1 Å². The molecular weight excluding hydrogens is 404 g/mol. The molecule has 2 aliphatic rings. The zero-order chi connectivity index (χ0) is 19.2. The Labute approximate surface area is 169 Å². The number of hydrogen-bond donors (Lipinski definition) is 0. The van der Waals surface area contributed by atoms with Crippen LogP contribution in [0.3, 0.4) is 0 Å². The first-order chi connectivity index (χ1) is 12.8. The maximum absolute atomic E-state index is 13.4. The second kappa shape index (κ2) is 7.04. The van der Waals surface area contributed by atoms with Crippen molar-refractivity contribution >= 4 is 21.8 Å². The Kier molecular flexibility index (Phi) is 4.87. The van der Waals surface area contributed by atoms with E-state index in [0.29, 0.717) is 5.56 Å². The number of rotatable bonds is 2. The third kappa shape index (κ3) is 3.68. The number of hydrogen-bond acceptors (Lipinski definition) is 3. The standard InChI is InChI=1S/C22H25BrN2O2/c1-22(2,3)27-20-14-19-18-10-9-17(23)13-16(18)11-12-24(19)25(20)21(26)15-7-5-4-6-8-15/h4-10,13,19-20H,11-12,14H2,1-3H3/t19-,20+/m1/s1. The Bertz CT molecular complexity index is 847. The largest absolute Gasteiger partial charge is 0.351 e. The summed E-state index contributed by atoms with van der Waals surface area (Å²) < 4.78 is 7.44. The number of ether oxygens (including phenoxy) is 1. The molecule has 0 unspecified atom stereocenters. The summed E-state index contributed by atoms with van der Waals surface area (Å²) in [5.74, 6) is 0.00733. The summed E-state index contributed by atoms with van der Waals surface area (Å²) in [6.45, 7) is 6.94. The summed E-state index contributed by atoms with van der Waals surface area (Å²) in [5, 5.41) is 4.07. The van der Waals surface area contributed by atoms with Crippen molar-refractivity contribution in [2.75, 3.05) is 6.54 Å². The van der Waals surface area contributed by atoms with Crippen LogP contribution in [0.15, 0.2) is 53.0 Å². The van der Waals surface area contributed by atoms with Gasteiger partial charge in [0.1, 0.15) is 6.23 Å². The summed E-state index contributed by atoms with van der Waals surface area (Å²) in [4.78, 5) is 13.4. The van der Waals surface area contributed by atoms with E-state index in [4.69, 9.17) is 4.74 Å². The van der Waals surface area contributed by atoms with E-state index in [-0.39, 0.29) is 23.8 Å². The van der Waals surface area contributed by atoms with Gasteiger partial charge in [-0.15, -0.1) is 0 Å². The number of halogens is 1. The molecule has 0 N–H and O–H groups in total. The van der Waals surface area contributed by atoms with Crippen LogP contribution in [0.25, 0.3) is 0 Å². The molecule has 4 rings (SSSR count). The van der Waals surface area contributed by atoms with Crippen LogP contribution in [-0.4, -0.2) is 34.3 Å². The number of benzene rings is 2. The van der Waals surface area contributed by atoms with E-state index >= 15 is 0 Å². The van der Waals surface area contributed by atoms with Gasteiger partial charge in [-0.25, -0.2) is 10.0 Å². The SMILES string of the molecule is CC(C)(C)O[C@H]1C[C@@H]2c3ccc(Br)cc3CCN2N1C(=O)c1ccccc1. The molecule has 1 amide bonds. The van der Waals surface area contributed by atoms with Crippen LogP contribution in [0.4, 0.5) is 0 Å². The average molecular weight is 429 g/mol. The highest BCUT2D eigenvalue weighted by atomic mass is 79.9. The van der Waals surface area contributed by atoms with Crippen LogP contribution in [0, 0.1) is 0 Å². The molecule has 4 nitrogen and oxygen atoms in total. The van der Waals surface area contributed by atoms with Crippen molar-refractivity contribution in [1.29, 1.82) is 0 Å². The Hall–Kier alpha value is -1.69. The minimum Gasteiger partial charge on any atom is -0.351 e. The molecule has 0 saturated carbocycles. The number of hydrazine groups is 1. The number of nitrogens with zero attached hydrogens (tertiary/aromatic N) is 2. The molecule has 2 atom stereocenters. The minimum atomic E-state index is -0.322. The van der Waals surface area contributed by atoms with Gasteiger partial charge >= 0.3 is 0 Å². The lowest BCUT2D eigenvalue weighted by atomic mass is 9.93. The fraction of sp³-hybridized carbons (Fsp3) is 0.409. The normalized spacial score (nSPS) is 22.4. The van der Waals surface area contributed by atoms with Crippen molar-refractivity contribution in [3.8, 4) is 0 Å². The first-order valence-electron chi connectivity index (χ1n) is 9.45. The van der Waals surface area contributed by atoms with Gasteiger partial charge < -0.3 is 4.74 Å². The molecule has 0 radical (unpaired) electrons. The summed E-state index contributed by atoms with van der Waals surface area (Å²) in [7, 11) is 0. The van der Waals surface area contributed by atoms with E-state index in [1.165, 1.54) is 11.1 Å². The molecule has 2 aromatic carbocycles. The molecule has 2 aliphatic heterocycles. The maximum Gasteiger partial charge on any atom is 0.270 e. The second-order valence-electron chi connectivity index (χ2n) is 8.21. The molecule has 0 spiro atoms. The monoisotopic (exact) mass is 428 g/mol. The molecule has 1 saturated heterocycles. The molecule has 0 aromatic heterocycles. The van der Waals surface area contributed by atoms with Gasteiger partial charge in [0.25, 0.3) is 5.91 Å².